The van der Waals surface area contributed by atoms with Crippen LogP contribution in [0.3, 0.4) is 0 Å². The van der Waals surface area contributed by atoms with Gasteiger partial charge in [-0.2, -0.15) is 0 Å². The van der Waals surface area contributed by atoms with Crippen molar-refractivity contribution in [3.8, 4) is 5.75 Å². The molecule has 1 aliphatic rings. The van der Waals surface area contributed by atoms with Gasteiger partial charge in [-0.25, -0.2) is 0 Å². The Balaban J connectivity index is 2.05. The summed E-state index contributed by atoms with van der Waals surface area (Å²) in [5.41, 5.74) is 2.49. The zero-order valence-corrected chi connectivity index (χ0v) is 9.53. The lowest BCUT2D eigenvalue weighted by Crippen LogP contribution is -2.04. The van der Waals surface area contributed by atoms with Crippen molar-refractivity contribution in [2.24, 2.45) is 0 Å². The van der Waals surface area contributed by atoms with Gasteiger partial charge in [0.05, 0.1) is 7.11 Å². The van der Waals surface area contributed by atoms with Gasteiger partial charge in [0.25, 0.3) is 0 Å². The van der Waals surface area contributed by atoms with E-state index >= 15 is 0 Å². The second-order valence-corrected chi connectivity index (χ2v) is 4.15. The van der Waals surface area contributed by atoms with Crippen molar-refractivity contribution < 1.29 is 9.53 Å². The molecular weight excluding hydrogens is 200 g/mol. The molecule has 0 saturated carbocycles. The molecule has 2 heteroatoms. The van der Waals surface area contributed by atoms with Crippen molar-refractivity contribution >= 4 is 5.78 Å². The Morgan fingerprint density at radius 3 is 2.56 bits per heavy atom. The minimum absolute atomic E-state index is 0.273. The molecule has 1 aromatic carbocycles. The van der Waals surface area contributed by atoms with E-state index < -0.39 is 0 Å². The van der Waals surface area contributed by atoms with Gasteiger partial charge in [-0.3, -0.25) is 4.79 Å². The van der Waals surface area contributed by atoms with E-state index in [1.807, 2.05) is 18.2 Å². The lowest BCUT2D eigenvalue weighted by molar-refractivity contribution is -0.115. The molecule has 0 N–H and O–H groups in total. The molecule has 0 amide bonds. The first-order valence-corrected chi connectivity index (χ1v) is 5.63. The van der Waals surface area contributed by atoms with E-state index in [9.17, 15) is 4.79 Å². The molecule has 1 aromatic rings. The third kappa shape index (κ3) is 2.72. The average molecular weight is 216 g/mol. The van der Waals surface area contributed by atoms with Gasteiger partial charge in [-0.15, -0.1) is 0 Å². The van der Waals surface area contributed by atoms with Gasteiger partial charge >= 0.3 is 0 Å². The SMILES string of the molecule is COc1ccc(CC2=CC(=O)CCC2)cc1. The van der Waals surface area contributed by atoms with E-state index in [0.717, 1.165) is 25.0 Å². The highest BCUT2D eigenvalue weighted by atomic mass is 16.5. The third-order valence-electron chi connectivity index (χ3n) is 2.88. The van der Waals surface area contributed by atoms with Crippen LogP contribution in [0.25, 0.3) is 0 Å². The second-order valence-electron chi connectivity index (χ2n) is 4.15. The summed E-state index contributed by atoms with van der Waals surface area (Å²) in [5, 5.41) is 0. The molecule has 0 atom stereocenters. The number of allylic oxidation sites excluding steroid dienone is 2. The van der Waals surface area contributed by atoms with Gasteiger partial charge in [0.15, 0.2) is 5.78 Å². The van der Waals surface area contributed by atoms with Gasteiger partial charge in [0.2, 0.25) is 0 Å². The fourth-order valence-electron chi connectivity index (χ4n) is 2.01. The van der Waals surface area contributed by atoms with Gasteiger partial charge < -0.3 is 4.74 Å². The summed E-state index contributed by atoms with van der Waals surface area (Å²) < 4.78 is 5.11. The van der Waals surface area contributed by atoms with E-state index in [0.29, 0.717) is 6.42 Å². The van der Waals surface area contributed by atoms with Gasteiger partial charge in [-0.05, 0) is 43.0 Å². The molecule has 0 bridgehead atoms. The molecule has 0 fully saturated rings. The van der Waals surface area contributed by atoms with E-state index in [1.165, 1.54) is 11.1 Å². The summed E-state index contributed by atoms with van der Waals surface area (Å²) in [7, 11) is 1.66. The summed E-state index contributed by atoms with van der Waals surface area (Å²) in [6.45, 7) is 0. The van der Waals surface area contributed by atoms with E-state index in [-0.39, 0.29) is 5.78 Å². The molecule has 0 spiro atoms. The van der Waals surface area contributed by atoms with Crippen molar-refractivity contribution in [1.29, 1.82) is 0 Å². The molecule has 84 valence electrons. The Morgan fingerprint density at radius 1 is 1.19 bits per heavy atom. The van der Waals surface area contributed by atoms with Gasteiger partial charge in [0.1, 0.15) is 5.75 Å². The minimum Gasteiger partial charge on any atom is -0.497 e. The van der Waals surface area contributed by atoms with Crippen LogP contribution in [0.15, 0.2) is 35.9 Å². The molecule has 0 aliphatic heterocycles. The standard InChI is InChI=1S/C14H16O2/c1-16-14-7-5-11(6-8-14)9-12-3-2-4-13(15)10-12/h5-8,10H,2-4,9H2,1H3. The van der Waals surface area contributed by atoms with Crippen LogP contribution in [0, 0.1) is 0 Å². The van der Waals surface area contributed by atoms with E-state index in [2.05, 4.69) is 12.1 Å². The molecule has 2 rings (SSSR count). The molecule has 0 saturated heterocycles. The van der Waals surface area contributed by atoms with E-state index in [1.54, 1.807) is 7.11 Å². The van der Waals surface area contributed by atoms with Crippen molar-refractivity contribution in [3.63, 3.8) is 0 Å². The Bertz CT molecular complexity index is 401. The number of carbonyl (C=O) groups is 1. The normalized spacial score (nSPS) is 15.8. The van der Waals surface area contributed by atoms with Crippen LogP contribution in [0.1, 0.15) is 24.8 Å². The summed E-state index contributed by atoms with van der Waals surface area (Å²) in [4.78, 5) is 11.3. The number of benzene rings is 1. The quantitative estimate of drug-likeness (QED) is 0.776. The number of ketones is 1. The maximum atomic E-state index is 11.3. The first kappa shape index (κ1) is 10.9. The zero-order valence-electron chi connectivity index (χ0n) is 9.53. The van der Waals surface area contributed by atoms with Crippen LogP contribution in [-0.4, -0.2) is 12.9 Å². The fraction of sp³-hybridized carbons (Fsp3) is 0.357. The average Bonchev–Trinajstić information content (AvgIpc) is 2.30. The summed E-state index contributed by atoms with van der Waals surface area (Å²) in [6, 6.07) is 8.03. The first-order valence-electron chi connectivity index (χ1n) is 5.63. The Morgan fingerprint density at radius 2 is 1.94 bits per heavy atom. The molecule has 0 unspecified atom stereocenters. The van der Waals surface area contributed by atoms with Crippen LogP contribution in [0.5, 0.6) is 5.75 Å². The fourth-order valence-corrected chi connectivity index (χ4v) is 2.01. The number of carbonyl (C=O) groups excluding carboxylic acids is 1. The highest BCUT2D eigenvalue weighted by Crippen LogP contribution is 2.20. The van der Waals surface area contributed by atoms with Gasteiger partial charge in [-0.1, -0.05) is 17.7 Å². The van der Waals surface area contributed by atoms with Crippen molar-refractivity contribution in [3.05, 3.63) is 41.5 Å². The number of ether oxygens (including phenoxy) is 1. The Kier molecular flexibility index (Phi) is 3.40. The van der Waals surface area contributed by atoms with Crippen molar-refractivity contribution in [1.82, 2.24) is 0 Å². The van der Waals surface area contributed by atoms with Crippen molar-refractivity contribution in [2.75, 3.05) is 7.11 Å². The first-order chi connectivity index (χ1) is 7.78. The number of rotatable bonds is 3. The zero-order chi connectivity index (χ0) is 11.4. The van der Waals surface area contributed by atoms with Crippen LogP contribution in [0.2, 0.25) is 0 Å². The predicted octanol–water partition coefficient (Wildman–Crippen LogP) is 2.92. The van der Waals surface area contributed by atoms with Crippen LogP contribution < -0.4 is 4.74 Å². The summed E-state index contributed by atoms with van der Waals surface area (Å²) in [5.74, 6) is 1.15. The predicted molar refractivity (Wildman–Crippen MR) is 63.6 cm³/mol. The lowest BCUT2D eigenvalue weighted by Gasteiger charge is -2.12. The summed E-state index contributed by atoms with van der Waals surface area (Å²) >= 11 is 0. The number of hydrogen-bond acceptors (Lipinski definition) is 2. The van der Waals surface area contributed by atoms with Crippen LogP contribution in [-0.2, 0) is 11.2 Å². The molecule has 16 heavy (non-hydrogen) atoms. The Labute approximate surface area is 95.9 Å². The highest BCUT2D eigenvalue weighted by Gasteiger charge is 2.10. The lowest BCUT2D eigenvalue weighted by atomic mass is 9.93. The summed E-state index contributed by atoms with van der Waals surface area (Å²) in [6.07, 6.45) is 5.47. The third-order valence-corrected chi connectivity index (χ3v) is 2.88. The van der Waals surface area contributed by atoms with E-state index in [4.69, 9.17) is 4.74 Å². The van der Waals surface area contributed by atoms with Crippen molar-refractivity contribution in [2.45, 2.75) is 25.7 Å². The molecule has 0 radical (unpaired) electrons. The highest BCUT2D eigenvalue weighted by molar-refractivity contribution is 5.91. The molecule has 1 aliphatic carbocycles. The van der Waals surface area contributed by atoms with Gasteiger partial charge in [0, 0.05) is 6.42 Å². The topological polar surface area (TPSA) is 26.3 Å². The number of methoxy groups -OCH3 is 1. The molecular formula is C14H16O2. The monoisotopic (exact) mass is 216 g/mol. The largest absolute Gasteiger partial charge is 0.497 e. The van der Waals surface area contributed by atoms with Crippen LogP contribution >= 0.6 is 0 Å². The smallest absolute Gasteiger partial charge is 0.155 e. The van der Waals surface area contributed by atoms with Crippen LogP contribution in [0.4, 0.5) is 0 Å². The molecule has 0 aromatic heterocycles. The molecule has 2 nitrogen and oxygen atoms in total. The molecule has 0 heterocycles. The maximum absolute atomic E-state index is 11.3. The number of hydrogen-bond donors (Lipinski definition) is 0. The second kappa shape index (κ2) is 4.97. The maximum Gasteiger partial charge on any atom is 0.155 e. The minimum atomic E-state index is 0.273. The Hall–Kier alpha value is -1.57.